The minimum atomic E-state index is -6.40. The lowest BCUT2D eigenvalue weighted by atomic mass is 9.86. The van der Waals surface area contributed by atoms with Gasteiger partial charge in [0, 0.05) is 6.21 Å². The lowest BCUT2D eigenvalue weighted by Crippen LogP contribution is -2.54. The van der Waals surface area contributed by atoms with Crippen LogP contribution in [0.4, 0.5) is 30.7 Å². The zero-order chi connectivity index (χ0) is 20.8. The third-order valence-electron chi connectivity index (χ3n) is 3.98. The van der Waals surface area contributed by atoms with Crippen LogP contribution in [-0.4, -0.2) is 24.2 Å². The zero-order valence-electron chi connectivity index (χ0n) is 14.3. The van der Waals surface area contributed by atoms with Crippen molar-refractivity contribution in [2.45, 2.75) is 37.0 Å². The summed E-state index contributed by atoms with van der Waals surface area (Å²) >= 11 is 0. The Morgan fingerprint density at radius 2 is 1.36 bits per heavy atom. The van der Waals surface area contributed by atoms with Crippen LogP contribution in [0.3, 0.4) is 0 Å². The molecule has 0 aliphatic carbocycles. The maximum atomic E-state index is 14.2. The molecular weight excluding hydrogens is 391 g/mol. The normalized spacial score (nSPS) is 14.2. The topological polar surface area (TPSA) is 21.6 Å². The second-order valence-corrected chi connectivity index (χ2v) is 5.94. The minimum Gasteiger partial charge on any atom is -0.391 e. The smallest absolute Gasteiger partial charge is 0.391 e. The lowest BCUT2D eigenvalue weighted by Gasteiger charge is -2.33. The Bertz CT molecular complexity index is 761. The summed E-state index contributed by atoms with van der Waals surface area (Å²) in [5.41, 5.74) is 0.346. The predicted molar refractivity (Wildman–Crippen MR) is 89.5 cm³/mol. The van der Waals surface area contributed by atoms with Gasteiger partial charge in [-0.15, -0.1) is 0 Å². The monoisotopic (exact) mass is 407 g/mol. The third-order valence-corrected chi connectivity index (χ3v) is 3.98. The second kappa shape index (κ2) is 8.62. The maximum absolute atomic E-state index is 14.2. The average molecular weight is 407 g/mol. The summed E-state index contributed by atoms with van der Waals surface area (Å²) in [5, 5.41) is 3.41. The van der Waals surface area contributed by atoms with Crippen LogP contribution in [0.1, 0.15) is 23.5 Å². The summed E-state index contributed by atoms with van der Waals surface area (Å²) in [6.07, 6.45) is -6.51. The van der Waals surface area contributed by atoms with E-state index in [0.29, 0.717) is 5.56 Å². The van der Waals surface area contributed by atoms with Crippen molar-refractivity contribution >= 4 is 6.21 Å². The number of benzene rings is 2. The van der Waals surface area contributed by atoms with Crippen molar-refractivity contribution in [2.24, 2.45) is 5.16 Å². The van der Waals surface area contributed by atoms with Gasteiger partial charge in [-0.2, -0.15) is 30.7 Å². The van der Waals surface area contributed by atoms with Crippen molar-refractivity contribution < 1.29 is 35.6 Å². The van der Waals surface area contributed by atoms with Gasteiger partial charge >= 0.3 is 18.0 Å². The molecule has 0 aliphatic heterocycles. The quantitative estimate of drug-likeness (QED) is 0.290. The standard InChI is InChI=1S/C19H16F7NO/c20-17(21,18(22,23)19(24,25)26)16(15-9-5-2-6-10-15)11-12-27-28-13-14-7-3-1-4-8-14/h1-10,12,16H,11,13H2/b27-12+. The molecule has 0 aromatic heterocycles. The Kier molecular flexibility index (Phi) is 6.69. The van der Waals surface area contributed by atoms with E-state index in [1.165, 1.54) is 18.2 Å². The highest BCUT2D eigenvalue weighted by molar-refractivity contribution is 5.58. The lowest BCUT2D eigenvalue weighted by molar-refractivity contribution is -0.359. The Labute approximate surface area is 156 Å². The fourth-order valence-electron chi connectivity index (χ4n) is 2.47. The van der Waals surface area contributed by atoms with Crippen LogP contribution >= 0.6 is 0 Å². The fourth-order valence-corrected chi connectivity index (χ4v) is 2.47. The van der Waals surface area contributed by atoms with Crippen molar-refractivity contribution in [3.05, 3.63) is 71.8 Å². The van der Waals surface area contributed by atoms with Crippen LogP contribution in [-0.2, 0) is 11.4 Å². The third kappa shape index (κ3) is 4.82. The van der Waals surface area contributed by atoms with E-state index in [4.69, 9.17) is 4.84 Å². The maximum Gasteiger partial charge on any atom is 0.459 e. The Morgan fingerprint density at radius 1 is 0.821 bits per heavy atom. The van der Waals surface area contributed by atoms with Gasteiger partial charge in [0.15, 0.2) is 0 Å². The van der Waals surface area contributed by atoms with Crippen molar-refractivity contribution in [3.63, 3.8) is 0 Å². The molecular formula is C19H16F7NO. The largest absolute Gasteiger partial charge is 0.459 e. The number of nitrogens with zero attached hydrogens (tertiary/aromatic N) is 1. The van der Waals surface area contributed by atoms with Crippen LogP contribution in [0.25, 0.3) is 0 Å². The second-order valence-electron chi connectivity index (χ2n) is 5.94. The van der Waals surface area contributed by atoms with Crippen molar-refractivity contribution in [3.8, 4) is 0 Å². The Morgan fingerprint density at radius 3 is 1.89 bits per heavy atom. The van der Waals surface area contributed by atoms with Crippen LogP contribution in [0, 0.1) is 0 Å². The Hall–Kier alpha value is -2.58. The van der Waals surface area contributed by atoms with Gasteiger partial charge in [-0.3, -0.25) is 0 Å². The average Bonchev–Trinajstić information content (AvgIpc) is 2.65. The number of rotatable bonds is 8. The fraction of sp³-hybridized carbons (Fsp3) is 0.316. The molecule has 28 heavy (non-hydrogen) atoms. The molecule has 0 N–H and O–H groups in total. The first-order chi connectivity index (χ1) is 13.1. The molecule has 0 aliphatic rings. The number of hydrogen-bond donors (Lipinski definition) is 0. The highest BCUT2D eigenvalue weighted by Gasteiger charge is 2.75. The molecule has 1 atom stereocenters. The molecule has 2 nitrogen and oxygen atoms in total. The highest BCUT2D eigenvalue weighted by atomic mass is 19.4. The molecule has 0 heterocycles. The van der Waals surface area contributed by atoms with Gasteiger partial charge in [0.1, 0.15) is 6.61 Å². The molecule has 0 bridgehead atoms. The van der Waals surface area contributed by atoms with E-state index in [9.17, 15) is 30.7 Å². The van der Waals surface area contributed by atoms with Gasteiger partial charge in [0.05, 0.1) is 5.92 Å². The summed E-state index contributed by atoms with van der Waals surface area (Å²) in [6.45, 7) is -0.0115. The molecule has 0 fully saturated rings. The molecule has 0 saturated heterocycles. The van der Waals surface area contributed by atoms with Crippen LogP contribution in [0.2, 0.25) is 0 Å². The van der Waals surface area contributed by atoms with E-state index < -0.39 is 30.4 Å². The van der Waals surface area contributed by atoms with E-state index >= 15 is 0 Å². The van der Waals surface area contributed by atoms with E-state index in [-0.39, 0.29) is 12.2 Å². The molecule has 2 aromatic carbocycles. The van der Waals surface area contributed by atoms with Crippen molar-refractivity contribution in [1.82, 2.24) is 0 Å². The molecule has 2 rings (SSSR count). The van der Waals surface area contributed by atoms with Crippen LogP contribution in [0.15, 0.2) is 65.8 Å². The van der Waals surface area contributed by atoms with E-state index in [0.717, 1.165) is 18.3 Å². The van der Waals surface area contributed by atoms with Crippen LogP contribution in [0.5, 0.6) is 0 Å². The molecule has 0 spiro atoms. The summed E-state index contributed by atoms with van der Waals surface area (Å²) < 4.78 is 93.1. The molecule has 152 valence electrons. The van der Waals surface area contributed by atoms with Gasteiger partial charge < -0.3 is 4.84 Å². The predicted octanol–water partition coefficient (Wildman–Crippen LogP) is 6.20. The molecule has 9 heteroatoms. The molecule has 1 unspecified atom stereocenters. The Balaban J connectivity index is 2.17. The molecule has 0 amide bonds. The van der Waals surface area contributed by atoms with Gasteiger partial charge in [-0.25, -0.2) is 0 Å². The summed E-state index contributed by atoms with van der Waals surface area (Å²) in [7, 11) is 0. The molecule has 0 radical (unpaired) electrons. The van der Waals surface area contributed by atoms with Gasteiger partial charge in [-0.05, 0) is 17.5 Å². The van der Waals surface area contributed by atoms with Gasteiger partial charge in [-0.1, -0.05) is 65.8 Å². The molecule has 0 saturated carbocycles. The van der Waals surface area contributed by atoms with Crippen molar-refractivity contribution in [1.29, 1.82) is 0 Å². The van der Waals surface area contributed by atoms with E-state index in [2.05, 4.69) is 5.16 Å². The number of oxime groups is 1. The zero-order valence-corrected chi connectivity index (χ0v) is 14.3. The van der Waals surface area contributed by atoms with E-state index in [1.807, 2.05) is 0 Å². The highest BCUT2D eigenvalue weighted by Crippen LogP contribution is 2.53. The molecule has 2 aromatic rings. The van der Waals surface area contributed by atoms with Crippen LogP contribution < -0.4 is 0 Å². The number of alkyl halides is 7. The first-order valence-corrected chi connectivity index (χ1v) is 8.12. The summed E-state index contributed by atoms with van der Waals surface area (Å²) in [4.78, 5) is 4.89. The van der Waals surface area contributed by atoms with E-state index in [1.54, 1.807) is 30.3 Å². The summed E-state index contributed by atoms with van der Waals surface area (Å²) in [6, 6.07) is 14.7. The number of hydrogen-bond acceptors (Lipinski definition) is 2. The summed E-state index contributed by atoms with van der Waals surface area (Å²) in [5.74, 6) is -14.0. The van der Waals surface area contributed by atoms with Gasteiger partial charge in [0.25, 0.3) is 0 Å². The minimum absolute atomic E-state index is 0.0115. The SMILES string of the molecule is FC(F)(F)C(F)(F)C(F)(F)C(C/C=N/OCc1ccccc1)c1ccccc1. The first-order valence-electron chi connectivity index (χ1n) is 8.12. The van der Waals surface area contributed by atoms with Crippen molar-refractivity contribution in [2.75, 3.05) is 0 Å². The van der Waals surface area contributed by atoms with Gasteiger partial charge in [0.2, 0.25) is 0 Å². The first kappa shape index (κ1) is 21.7. The number of halogens is 7.